The zero-order valence-corrected chi connectivity index (χ0v) is 11.5. The maximum absolute atomic E-state index is 12.1. The van der Waals surface area contributed by atoms with Crippen molar-refractivity contribution in [3.8, 4) is 11.8 Å². The topological polar surface area (TPSA) is 83.4 Å². The van der Waals surface area contributed by atoms with Gasteiger partial charge in [-0.05, 0) is 26.0 Å². The van der Waals surface area contributed by atoms with Gasteiger partial charge in [0.15, 0.2) is 5.96 Å². The predicted molar refractivity (Wildman–Crippen MR) is 72.6 cm³/mol. The van der Waals surface area contributed by atoms with Gasteiger partial charge in [-0.2, -0.15) is 5.26 Å². The fraction of sp³-hybridized carbons (Fsp3) is 0.385. The van der Waals surface area contributed by atoms with Crippen LogP contribution in [0.2, 0.25) is 0 Å². The molecule has 0 heterocycles. The summed E-state index contributed by atoms with van der Waals surface area (Å²) in [5.41, 5.74) is 5.24. The molecule has 1 aromatic rings. The number of ether oxygens (including phenoxy) is 1. The van der Waals surface area contributed by atoms with E-state index in [4.69, 9.17) is 11.0 Å². The van der Waals surface area contributed by atoms with Crippen molar-refractivity contribution >= 4 is 11.6 Å². The van der Waals surface area contributed by atoms with Crippen molar-refractivity contribution < 1.29 is 17.9 Å². The first-order valence-electron chi connectivity index (χ1n) is 5.95. The average Bonchev–Trinajstić information content (AvgIpc) is 2.35. The molecule has 0 unspecified atom stereocenters. The van der Waals surface area contributed by atoms with Gasteiger partial charge in [-0.1, -0.05) is 6.07 Å². The highest BCUT2D eigenvalue weighted by Gasteiger charge is 2.31. The van der Waals surface area contributed by atoms with Crippen molar-refractivity contribution in [3.63, 3.8) is 0 Å². The van der Waals surface area contributed by atoms with Crippen LogP contribution in [0.1, 0.15) is 13.8 Å². The average molecular weight is 300 g/mol. The summed E-state index contributed by atoms with van der Waals surface area (Å²) in [4.78, 5) is 3.96. The summed E-state index contributed by atoms with van der Waals surface area (Å²) in [6.07, 6.45) is -4.75. The van der Waals surface area contributed by atoms with Gasteiger partial charge in [-0.25, -0.2) is 0 Å². The third-order valence-corrected chi connectivity index (χ3v) is 2.29. The molecule has 0 amide bonds. The lowest BCUT2D eigenvalue weighted by Gasteiger charge is -2.13. The van der Waals surface area contributed by atoms with E-state index in [9.17, 15) is 13.2 Å². The van der Waals surface area contributed by atoms with Gasteiger partial charge < -0.3 is 15.8 Å². The Morgan fingerprint density at radius 1 is 1.43 bits per heavy atom. The molecular formula is C13H15F3N4O. The van der Waals surface area contributed by atoms with Crippen LogP contribution in [0.3, 0.4) is 0 Å². The van der Waals surface area contributed by atoms with Gasteiger partial charge in [0.1, 0.15) is 5.75 Å². The summed E-state index contributed by atoms with van der Waals surface area (Å²) in [5.74, 6) is -0.361. The Labute approximate surface area is 120 Å². The number of halogens is 3. The second kappa shape index (κ2) is 6.35. The Kier molecular flexibility index (Phi) is 5.02. The summed E-state index contributed by atoms with van der Waals surface area (Å²) in [5, 5.41) is 11.5. The van der Waals surface area contributed by atoms with Crippen LogP contribution < -0.4 is 15.8 Å². The zero-order chi connectivity index (χ0) is 16.1. The predicted octanol–water partition coefficient (Wildman–Crippen LogP) is 2.86. The Morgan fingerprint density at radius 3 is 2.67 bits per heavy atom. The number of anilines is 1. The molecule has 0 saturated heterocycles. The smallest absolute Gasteiger partial charge is 0.406 e. The number of alkyl halides is 3. The number of benzene rings is 1. The van der Waals surface area contributed by atoms with Gasteiger partial charge in [0.05, 0.1) is 18.0 Å². The maximum atomic E-state index is 12.1. The molecule has 5 nitrogen and oxygen atoms in total. The van der Waals surface area contributed by atoms with Crippen molar-refractivity contribution in [2.24, 2.45) is 16.1 Å². The number of rotatable bonds is 4. The number of hydrogen-bond acceptors (Lipinski definition) is 3. The standard InChI is InChI=1S/C13H15F3N4O/c1-12(2,7-17)8-19-11(18)20-9-4-3-5-10(6-9)21-13(14,15)16/h3-6H,8H2,1-2H3,(H3,18,19,20). The van der Waals surface area contributed by atoms with E-state index in [0.717, 1.165) is 6.07 Å². The van der Waals surface area contributed by atoms with E-state index < -0.39 is 11.8 Å². The monoisotopic (exact) mass is 300 g/mol. The van der Waals surface area contributed by atoms with Crippen LogP contribution in [-0.4, -0.2) is 18.9 Å². The molecule has 1 rings (SSSR count). The third kappa shape index (κ3) is 6.51. The van der Waals surface area contributed by atoms with Gasteiger partial charge in [0.2, 0.25) is 0 Å². The van der Waals surface area contributed by atoms with E-state index in [-0.39, 0.29) is 18.3 Å². The summed E-state index contributed by atoms with van der Waals surface area (Å²) in [6, 6.07) is 7.28. The van der Waals surface area contributed by atoms with Crippen LogP contribution in [0, 0.1) is 16.7 Å². The van der Waals surface area contributed by atoms with Gasteiger partial charge in [-0.3, -0.25) is 4.99 Å². The minimum atomic E-state index is -4.75. The Balaban J connectivity index is 2.73. The van der Waals surface area contributed by atoms with Gasteiger partial charge in [0.25, 0.3) is 0 Å². The second-order valence-corrected chi connectivity index (χ2v) is 4.90. The number of nitriles is 1. The highest BCUT2D eigenvalue weighted by Crippen LogP contribution is 2.25. The lowest BCUT2D eigenvalue weighted by atomic mass is 9.96. The highest BCUT2D eigenvalue weighted by molar-refractivity contribution is 5.92. The molecule has 0 saturated carbocycles. The number of guanidine groups is 1. The summed E-state index contributed by atoms with van der Waals surface area (Å²) in [7, 11) is 0. The number of nitrogens with one attached hydrogen (secondary N) is 1. The lowest BCUT2D eigenvalue weighted by molar-refractivity contribution is -0.274. The first-order chi connectivity index (χ1) is 9.61. The Bertz CT molecular complexity index is 561. The number of nitrogens with two attached hydrogens (primary N) is 1. The van der Waals surface area contributed by atoms with Crippen molar-refractivity contribution in [3.05, 3.63) is 24.3 Å². The summed E-state index contributed by atoms with van der Waals surface area (Å²) >= 11 is 0. The summed E-state index contributed by atoms with van der Waals surface area (Å²) in [6.45, 7) is 3.56. The first-order valence-corrected chi connectivity index (χ1v) is 5.95. The molecule has 0 bridgehead atoms. The van der Waals surface area contributed by atoms with Crippen molar-refractivity contribution in [1.82, 2.24) is 0 Å². The molecule has 21 heavy (non-hydrogen) atoms. The molecule has 1 aromatic carbocycles. The van der Waals surface area contributed by atoms with Crippen LogP contribution >= 0.6 is 0 Å². The van der Waals surface area contributed by atoms with Gasteiger partial charge in [0, 0.05) is 11.8 Å². The van der Waals surface area contributed by atoms with Crippen LogP contribution in [0.4, 0.5) is 18.9 Å². The molecule has 0 aliphatic rings. The van der Waals surface area contributed by atoms with E-state index in [1.165, 1.54) is 18.2 Å². The van der Waals surface area contributed by atoms with E-state index >= 15 is 0 Å². The quantitative estimate of drug-likeness (QED) is 0.661. The van der Waals surface area contributed by atoms with Crippen molar-refractivity contribution in [2.45, 2.75) is 20.2 Å². The fourth-order valence-corrected chi connectivity index (χ4v) is 1.28. The second-order valence-electron chi connectivity index (χ2n) is 4.90. The summed E-state index contributed by atoms with van der Waals surface area (Å²) < 4.78 is 40.1. The number of hydrogen-bond donors (Lipinski definition) is 2. The van der Waals surface area contributed by atoms with Crippen molar-refractivity contribution in [2.75, 3.05) is 11.9 Å². The van der Waals surface area contributed by atoms with E-state index in [1.807, 2.05) is 0 Å². The third-order valence-electron chi connectivity index (χ3n) is 2.29. The molecule has 0 spiro atoms. The van der Waals surface area contributed by atoms with E-state index in [1.54, 1.807) is 13.8 Å². The van der Waals surface area contributed by atoms with Crippen LogP contribution in [-0.2, 0) is 0 Å². The molecule has 3 N–H and O–H groups in total. The highest BCUT2D eigenvalue weighted by atomic mass is 19.4. The fourth-order valence-electron chi connectivity index (χ4n) is 1.28. The maximum Gasteiger partial charge on any atom is 0.573 e. The molecule has 0 aromatic heterocycles. The molecule has 0 radical (unpaired) electrons. The molecule has 0 aliphatic carbocycles. The molecule has 0 fully saturated rings. The van der Waals surface area contributed by atoms with Crippen molar-refractivity contribution in [1.29, 1.82) is 5.26 Å². The SMILES string of the molecule is CC(C)(C#N)CN=C(N)Nc1cccc(OC(F)(F)F)c1. The zero-order valence-electron chi connectivity index (χ0n) is 11.5. The minimum absolute atomic E-state index is 0.00230. The molecular weight excluding hydrogens is 285 g/mol. The normalized spacial score (nSPS) is 12.7. The van der Waals surface area contributed by atoms with Crippen LogP contribution in [0.15, 0.2) is 29.3 Å². The van der Waals surface area contributed by atoms with Crippen LogP contribution in [0.5, 0.6) is 5.75 Å². The lowest BCUT2D eigenvalue weighted by Crippen LogP contribution is -2.25. The molecule has 0 atom stereocenters. The minimum Gasteiger partial charge on any atom is -0.406 e. The molecule has 114 valence electrons. The Morgan fingerprint density at radius 2 is 2.10 bits per heavy atom. The molecule has 8 heteroatoms. The van der Waals surface area contributed by atoms with E-state index in [0.29, 0.717) is 5.69 Å². The number of nitrogens with zero attached hydrogens (tertiary/aromatic N) is 2. The van der Waals surface area contributed by atoms with Gasteiger partial charge in [-0.15, -0.1) is 13.2 Å². The van der Waals surface area contributed by atoms with Crippen LogP contribution in [0.25, 0.3) is 0 Å². The number of aliphatic imine (C=N–C) groups is 1. The van der Waals surface area contributed by atoms with E-state index in [2.05, 4.69) is 21.1 Å². The Hall–Kier alpha value is -2.43. The molecule has 0 aliphatic heterocycles. The van der Waals surface area contributed by atoms with Gasteiger partial charge >= 0.3 is 6.36 Å². The first kappa shape index (κ1) is 16.6. The largest absolute Gasteiger partial charge is 0.573 e.